The second kappa shape index (κ2) is 30.7. The Labute approximate surface area is 260 Å². The van der Waals surface area contributed by atoms with Gasteiger partial charge in [0.1, 0.15) is 0 Å². The van der Waals surface area contributed by atoms with Crippen LogP contribution < -0.4 is 0 Å². The zero-order chi connectivity index (χ0) is 30.4. The Bertz CT molecular complexity index is 456. The Hall–Kier alpha value is -0.320. The van der Waals surface area contributed by atoms with Crippen molar-refractivity contribution in [2.45, 2.75) is 116 Å². The van der Waals surface area contributed by atoms with E-state index in [-0.39, 0.29) is 0 Å². The molecule has 252 valence electrons. The van der Waals surface area contributed by atoms with Gasteiger partial charge in [0.15, 0.2) is 0 Å². The Kier molecular flexibility index (Phi) is 29.0. The highest BCUT2D eigenvalue weighted by Gasteiger charge is 2.15. The van der Waals surface area contributed by atoms with Crippen LogP contribution in [-0.4, -0.2) is 145 Å². The molecule has 4 N–H and O–H groups in total. The average Bonchev–Trinajstić information content (AvgIpc) is 2.99. The summed E-state index contributed by atoms with van der Waals surface area (Å²) in [5.41, 5.74) is 0. The zero-order valence-corrected chi connectivity index (χ0v) is 27.6. The molecule has 8 nitrogen and oxygen atoms in total. The second-order valence-corrected chi connectivity index (χ2v) is 12.6. The van der Waals surface area contributed by atoms with Gasteiger partial charge in [-0.2, -0.15) is 0 Å². The smallest absolute Gasteiger partial charge is 0.0431 e. The summed E-state index contributed by atoms with van der Waals surface area (Å²) in [7, 11) is 0. The summed E-state index contributed by atoms with van der Waals surface area (Å²) in [6.07, 6.45) is 20.4. The molecule has 0 unspecified atom stereocenters. The lowest BCUT2D eigenvalue weighted by Gasteiger charge is -2.32. The Morgan fingerprint density at radius 2 is 0.476 bits per heavy atom. The van der Waals surface area contributed by atoms with E-state index in [2.05, 4.69) is 19.6 Å². The maximum Gasteiger partial charge on any atom is 0.0431 e. The molecule has 1 aliphatic heterocycles. The molecule has 0 aromatic carbocycles. The predicted molar refractivity (Wildman–Crippen MR) is 177 cm³/mol. The minimum absolute atomic E-state index is 0.313. The van der Waals surface area contributed by atoms with Crippen molar-refractivity contribution in [1.29, 1.82) is 0 Å². The molecular weight excluding hydrogens is 528 g/mol. The van der Waals surface area contributed by atoms with Gasteiger partial charge in [-0.15, -0.1) is 0 Å². The molecule has 0 saturated carbocycles. The molecule has 1 heterocycles. The molecule has 1 saturated heterocycles. The van der Waals surface area contributed by atoms with Crippen molar-refractivity contribution in [1.82, 2.24) is 19.6 Å². The molecule has 0 aromatic rings. The van der Waals surface area contributed by atoms with E-state index in [0.717, 1.165) is 77.5 Å². The highest BCUT2D eigenvalue weighted by molar-refractivity contribution is 4.71. The van der Waals surface area contributed by atoms with Crippen LogP contribution in [-0.2, 0) is 0 Å². The third-order valence-corrected chi connectivity index (χ3v) is 8.89. The van der Waals surface area contributed by atoms with Gasteiger partial charge in [-0.3, -0.25) is 0 Å². The van der Waals surface area contributed by atoms with Crippen molar-refractivity contribution in [3.05, 3.63) is 0 Å². The van der Waals surface area contributed by atoms with Crippen LogP contribution in [0, 0.1) is 0 Å². The van der Waals surface area contributed by atoms with E-state index in [4.69, 9.17) is 20.4 Å². The summed E-state index contributed by atoms with van der Waals surface area (Å²) in [6, 6.07) is 0. The first-order chi connectivity index (χ1) is 20.7. The van der Waals surface area contributed by atoms with Gasteiger partial charge in [-0.05, 0) is 117 Å². The molecule has 0 radical (unpaired) electrons. The summed E-state index contributed by atoms with van der Waals surface area (Å²) in [6.45, 7) is 15.2. The van der Waals surface area contributed by atoms with Crippen LogP contribution in [0.3, 0.4) is 0 Å². The van der Waals surface area contributed by atoms with E-state index in [0.29, 0.717) is 26.4 Å². The summed E-state index contributed by atoms with van der Waals surface area (Å²) in [4.78, 5) is 10.8. The van der Waals surface area contributed by atoms with E-state index < -0.39 is 0 Å². The average molecular weight is 601 g/mol. The van der Waals surface area contributed by atoms with Gasteiger partial charge < -0.3 is 40.0 Å². The van der Waals surface area contributed by atoms with Crippen molar-refractivity contribution in [2.24, 2.45) is 0 Å². The third kappa shape index (κ3) is 24.1. The quantitative estimate of drug-likeness (QED) is 0.123. The normalized spacial score (nSPS) is 18.0. The molecule has 0 spiro atoms. The van der Waals surface area contributed by atoms with Gasteiger partial charge in [0.05, 0.1) is 0 Å². The van der Waals surface area contributed by atoms with Crippen LogP contribution in [0.15, 0.2) is 0 Å². The Morgan fingerprint density at radius 3 is 0.690 bits per heavy atom. The molecular formula is C34H72N4O4. The van der Waals surface area contributed by atoms with Crippen LogP contribution in [0.1, 0.15) is 116 Å². The van der Waals surface area contributed by atoms with E-state index in [1.165, 1.54) is 117 Å². The second-order valence-electron chi connectivity index (χ2n) is 12.6. The molecule has 42 heavy (non-hydrogen) atoms. The van der Waals surface area contributed by atoms with Gasteiger partial charge in [-0.25, -0.2) is 0 Å². The van der Waals surface area contributed by atoms with E-state index in [1.54, 1.807) is 0 Å². The molecule has 0 atom stereocenters. The Balaban J connectivity index is 2.78. The summed E-state index contributed by atoms with van der Waals surface area (Å²) < 4.78 is 0. The Morgan fingerprint density at radius 1 is 0.262 bits per heavy atom. The first-order valence-corrected chi connectivity index (χ1v) is 18.1. The third-order valence-electron chi connectivity index (χ3n) is 8.89. The van der Waals surface area contributed by atoms with Gasteiger partial charge in [0, 0.05) is 52.6 Å². The number of rotatable bonds is 24. The largest absolute Gasteiger partial charge is 0.396 e. The minimum Gasteiger partial charge on any atom is -0.396 e. The minimum atomic E-state index is 0.313. The van der Waals surface area contributed by atoms with Gasteiger partial charge in [-0.1, -0.05) is 51.4 Å². The van der Waals surface area contributed by atoms with Crippen LogP contribution in [0.4, 0.5) is 0 Å². The highest BCUT2D eigenvalue weighted by atomic mass is 16.3. The molecule has 8 heteroatoms. The molecule has 0 aliphatic carbocycles. The maximum absolute atomic E-state index is 9.14. The summed E-state index contributed by atoms with van der Waals surface area (Å²) in [5.74, 6) is 0. The fourth-order valence-electron chi connectivity index (χ4n) is 6.15. The lowest BCUT2D eigenvalue weighted by molar-refractivity contribution is 0.153. The van der Waals surface area contributed by atoms with Crippen molar-refractivity contribution in [3.63, 3.8) is 0 Å². The van der Waals surface area contributed by atoms with Crippen LogP contribution in [0.2, 0.25) is 0 Å². The first-order valence-electron chi connectivity index (χ1n) is 18.1. The van der Waals surface area contributed by atoms with Crippen molar-refractivity contribution in [3.8, 4) is 0 Å². The van der Waals surface area contributed by atoms with E-state index in [9.17, 15) is 0 Å². The SMILES string of the molecule is OCCCCCCN1CCCN(CCCCCCO)CCN(CCCCCCO)CCCN(CCCCCCO)CC1. The van der Waals surface area contributed by atoms with Crippen molar-refractivity contribution < 1.29 is 20.4 Å². The number of hydrogen-bond acceptors (Lipinski definition) is 8. The molecule has 0 aromatic heterocycles. The van der Waals surface area contributed by atoms with Crippen molar-refractivity contribution >= 4 is 0 Å². The monoisotopic (exact) mass is 601 g/mol. The fraction of sp³-hybridized carbons (Fsp3) is 1.00. The van der Waals surface area contributed by atoms with Gasteiger partial charge in [0.25, 0.3) is 0 Å². The topological polar surface area (TPSA) is 93.9 Å². The standard InChI is InChI=1S/C34H72N4O4/c39-31-13-5-1-9-19-35-23-17-24-37(21-11-3-7-15-33-41)29-30-38(22-12-4-8-16-34-42)26-18-25-36(28-27-35)20-10-2-6-14-32-40/h39-42H,1-34H2. The molecule has 0 amide bonds. The van der Waals surface area contributed by atoms with Gasteiger partial charge in [0.2, 0.25) is 0 Å². The maximum atomic E-state index is 9.14. The first kappa shape index (κ1) is 39.7. The predicted octanol–water partition coefficient (Wildman–Crippen LogP) is 4.20. The number of aliphatic hydroxyl groups is 4. The van der Waals surface area contributed by atoms with E-state index in [1.807, 2.05) is 0 Å². The molecule has 1 fully saturated rings. The summed E-state index contributed by atoms with van der Waals surface area (Å²) in [5, 5.41) is 36.6. The number of unbranched alkanes of at least 4 members (excludes halogenated alkanes) is 12. The lowest BCUT2D eigenvalue weighted by atomic mass is 10.1. The molecule has 1 aliphatic rings. The summed E-state index contributed by atoms with van der Waals surface area (Å²) >= 11 is 0. The van der Waals surface area contributed by atoms with Gasteiger partial charge >= 0.3 is 0 Å². The van der Waals surface area contributed by atoms with Crippen LogP contribution in [0.5, 0.6) is 0 Å². The lowest BCUT2D eigenvalue weighted by Crippen LogP contribution is -2.42. The number of aliphatic hydroxyl groups excluding tert-OH is 4. The van der Waals surface area contributed by atoms with Crippen LogP contribution in [0.25, 0.3) is 0 Å². The molecule has 1 rings (SSSR count). The van der Waals surface area contributed by atoms with Crippen LogP contribution >= 0.6 is 0 Å². The number of hydrogen-bond donors (Lipinski definition) is 4. The fourth-order valence-corrected chi connectivity index (χ4v) is 6.15. The molecule has 0 bridgehead atoms. The van der Waals surface area contributed by atoms with Crippen molar-refractivity contribution in [2.75, 3.05) is 105 Å². The number of nitrogens with zero attached hydrogens (tertiary/aromatic N) is 4. The van der Waals surface area contributed by atoms with E-state index >= 15 is 0 Å². The zero-order valence-electron chi connectivity index (χ0n) is 27.6. The highest BCUT2D eigenvalue weighted by Crippen LogP contribution is 2.10.